The molecule has 0 aliphatic rings. The number of rotatable bonds is 4. The van der Waals surface area contributed by atoms with Crippen molar-refractivity contribution in [2.75, 3.05) is 0 Å². The minimum atomic E-state index is -0.320. The maximum Gasteiger partial charge on any atom is 0.124 e. The van der Waals surface area contributed by atoms with Crippen LogP contribution in [0.2, 0.25) is 5.02 Å². The zero-order chi connectivity index (χ0) is 12.0. The average molecular weight is 240 g/mol. The van der Waals surface area contributed by atoms with Gasteiger partial charge in [-0.2, -0.15) is 0 Å². The molecule has 0 saturated heterocycles. The summed E-state index contributed by atoms with van der Waals surface area (Å²) in [5.41, 5.74) is 6.82. The minimum absolute atomic E-state index is 0.0174. The largest absolute Gasteiger partial charge is 0.327 e. The SMILES string of the molecule is CC#CCCC(N)Cc1ccc(F)cc1Cl. The number of benzene rings is 1. The molecule has 0 bridgehead atoms. The van der Waals surface area contributed by atoms with Gasteiger partial charge in [-0.25, -0.2) is 4.39 Å². The predicted octanol–water partition coefficient (Wildman–Crippen LogP) is 3.15. The summed E-state index contributed by atoms with van der Waals surface area (Å²) in [6.07, 6.45) is 2.27. The Balaban J connectivity index is 2.54. The lowest BCUT2D eigenvalue weighted by atomic mass is 10.0. The van der Waals surface area contributed by atoms with Crippen LogP contribution in [0.3, 0.4) is 0 Å². The molecule has 16 heavy (non-hydrogen) atoms. The van der Waals surface area contributed by atoms with Crippen molar-refractivity contribution in [1.29, 1.82) is 0 Å². The van der Waals surface area contributed by atoms with Crippen LogP contribution in [0.25, 0.3) is 0 Å². The smallest absolute Gasteiger partial charge is 0.124 e. The van der Waals surface area contributed by atoms with Gasteiger partial charge in [0.2, 0.25) is 0 Å². The molecular formula is C13H15ClFN. The molecule has 1 rings (SSSR count). The highest BCUT2D eigenvalue weighted by Crippen LogP contribution is 2.19. The van der Waals surface area contributed by atoms with E-state index in [2.05, 4.69) is 11.8 Å². The van der Waals surface area contributed by atoms with Gasteiger partial charge in [-0.05, 0) is 37.5 Å². The summed E-state index contributed by atoms with van der Waals surface area (Å²) in [6.45, 7) is 1.81. The summed E-state index contributed by atoms with van der Waals surface area (Å²) < 4.78 is 12.8. The normalized spacial score (nSPS) is 11.8. The topological polar surface area (TPSA) is 26.0 Å². The molecule has 1 aromatic carbocycles. The third-order valence-corrected chi connectivity index (χ3v) is 2.67. The summed E-state index contributed by atoms with van der Waals surface area (Å²) in [5.74, 6) is 5.47. The highest BCUT2D eigenvalue weighted by atomic mass is 35.5. The van der Waals surface area contributed by atoms with Crippen LogP contribution < -0.4 is 5.73 Å². The van der Waals surface area contributed by atoms with E-state index in [-0.39, 0.29) is 11.9 Å². The molecule has 0 aliphatic carbocycles. The molecule has 1 unspecified atom stereocenters. The Hall–Kier alpha value is -1.04. The number of hydrogen-bond donors (Lipinski definition) is 1. The summed E-state index contributed by atoms with van der Waals surface area (Å²) >= 11 is 5.91. The van der Waals surface area contributed by atoms with Gasteiger partial charge in [-0.3, -0.25) is 0 Å². The number of halogens is 2. The lowest BCUT2D eigenvalue weighted by Gasteiger charge is -2.11. The van der Waals surface area contributed by atoms with Crippen LogP contribution >= 0.6 is 11.6 Å². The lowest BCUT2D eigenvalue weighted by molar-refractivity contribution is 0.613. The first-order chi connectivity index (χ1) is 7.63. The number of nitrogens with two attached hydrogens (primary N) is 1. The molecule has 0 aliphatic heterocycles. The van der Waals surface area contributed by atoms with Crippen molar-refractivity contribution < 1.29 is 4.39 Å². The molecule has 0 spiro atoms. The molecule has 2 N–H and O–H groups in total. The third kappa shape index (κ3) is 4.22. The Morgan fingerprint density at radius 3 is 2.88 bits per heavy atom. The van der Waals surface area contributed by atoms with Crippen LogP contribution in [-0.2, 0) is 6.42 Å². The molecule has 3 heteroatoms. The van der Waals surface area contributed by atoms with E-state index >= 15 is 0 Å². The van der Waals surface area contributed by atoms with Gasteiger partial charge in [0, 0.05) is 17.5 Å². The molecule has 1 nitrogen and oxygen atoms in total. The summed E-state index contributed by atoms with van der Waals surface area (Å²) in [5, 5.41) is 0.442. The van der Waals surface area contributed by atoms with E-state index in [0.717, 1.165) is 18.4 Å². The molecule has 1 aromatic rings. The fourth-order valence-corrected chi connectivity index (χ4v) is 1.70. The second kappa shape index (κ2) is 6.52. The van der Waals surface area contributed by atoms with Crippen LogP contribution in [0.4, 0.5) is 4.39 Å². The van der Waals surface area contributed by atoms with Gasteiger partial charge in [-0.15, -0.1) is 11.8 Å². The van der Waals surface area contributed by atoms with Gasteiger partial charge in [0.05, 0.1) is 0 Å². The Morgan fingerprint density at radius 1 is 1.50 bits per heavy atom. The molecule has 0 heterocycles. The van der Waals surface area contributed by atoms with E-state index in [1.165, 1.54) is 12.1 Å². The van der Waals surface area contributed by atoms with E-state index in [1.54, 1.807) is 6.07 Å². The van der Waals surface area contributed by atoms with Crippen LogP contribution in [0.1, 0.15) is 25.3 Å². The van der Waals surface area contributed by atoms with E-state index in [0.29, 0.717) is 11.4 Å². The van der Waals surface area contributed by atoms with Crippen molar-refractivity contribution in [3.63, 3.8) is 0 Å². The second-order valence-electron chi connectivity index (χ2n) is 3.67. The Labute approximate surface area is 101 Å². The Bertz CT molecular complexity index is 406. The van der Waals surface area contributed by atoms with Crippen LogP contribution in [0.5, 0.6) is 0 Å². The molecule has 0 aromatic heterocycles. The standard InChI is InChI=1S/C13H15ClFN/c1-2-3-4-5-12(16)8-10-6-7-11(15)9-13(10)14/h6-7,9,12H,4-5,8,16H2,1H3. The third-order valence-electron chi connectivity index (χ3n) is 2.31. The predicted molar refractivity (Wildman–Crippen MR) is 65.8 cm³/mol. The van der Waals surface area contributed by atoms with Gasteiger partial charge in [0.15, 0.2) is 0 Å². The molecule has 86 valence electrons. The van der Waals surface area contributed by atoms with E-state index in [9.17, 15) is 4.39 Å². The van der Waals surface area contributed by atoms with Crippen LogP contribution in [-0.4, -0.2) is 6.04 Å². The molecule has 0 amide bonds. The fourth-order valence-electron chi connectivity index (χ4n) is 1.45. The fraction of sp³-hybridized carbons (Fsp3) is 0.385. The van der Waals surface area contributed by atoms with Crippen molar-refractivity contribution in [1.82, 2.24) is 0 Å². The van der Waals surface area contributed by atoms with Gasteiger partial charge < -0.3 is 5.73 Å². The van der Waals surface area contributed by atoms with Gasteiger partial charge >= 0.3 is 0 Å². The first kappa shape index (κ1) is 13.0. The van der Waals surface area contributed by atoms with Gasteiger partial charge in [0.1, 0.15) is 5.82 Å². The summed E-state index contributed by atoms with van der Waals surface area (Å²) in [4.78, 5) is 0. The van der Waals surface area contributed by atoms with Gasteiger partial charge in [0.25, 0.3) is 0 Å². The minimum Gasteiger partial charge on any atom is -0.327 e. The zero-order valence-electron chi connectivity index (χ0n) is 9.26. The summed E-state index contributed by atoms with van der Waals surface area (Å²) in [6, 6.07) is 4.42. The number of hydrogen-bond acceptors (Lipinski definition) is 1. The van der Waals surface area contributed by atoms with Gasteiger partial charge in [-0.1, -0.05) is 17.7 Å². The quantitative estimate of drug-likeness (QED) is 0.803. The van der Waals surface area contributed by atoms with Crippen LogP contribution in [0.15, 0.2) is 18.2 Å². The first-order valence-corrected chi connectivity index (χ1v) is 5.60. The van der Waals surface area contributed by atoms with E-state index in [1.807, 2.05) is 6.92 Å². The molecule has 0 radical (unpaired) electrons. The maximum absolute atomic E-state index is 12.8. The van der Waals surface area contributed by atoms with Crippen molar-refractivity contribution in [3.05, 3.63) is 34.6 Å². The molecule has 1 atom stereocenters. The summed E-state index contributed by atoms with van der Waals surface area (Å²) in [7, 11) is 0. The van der Waals surface area contributed by atoms with Crippen molar-refractivity contribution in [3.8, 4) is 11.8 Å². The van der Waals surface area contributed by atoms with Crippen molar-refractivity contribution in [2.45, 2.75) is 32.2 Å². The monoisotopic (exact) mass is 239 g/mol. The maximum atomic E-state index is 12.8. The van der Waals surface area contributed by atoms with Crippen LogP contribution in [0, 0.1) is 17.7 Å². The Morgan fingerprint density at radius 2 is 2.25 bits per heavy atom. The highest BCUT2D eigenvalue weighted by Gasteiger charge is 2.07. The highest BCUT2D eigenvalue weighted by molar-refractivity contribution is 6.31. The average Bonchev–Trinajstić information content (AvgIpc) is 2.23. The molecule has 0 fully saturated rings. The first-order valence-electron chi connectivity index (χ1n) is 5.22. The van der Waals surface area contributed by atoms with E-state index in [4.69, 9.17) is 17.3 Å². The van der Waals surface area contributed by atoms with Crippen molar-refractivity contribution >= 4 is 11.6 Å². The molecule has 0 saturated carbocycles. The van der Waals surface area contributed by atoms with Crippen molar-refractivity contribution in [2.24, 2.45) is 5.73 Å². The van der Waals surface area contributed by atoms with E-state index < -0.39 is 0 Å². The second-order valence-corrected chi connectivity index (χ2v) is 4.07. The Kier molecular flexibility index (Phi) is 5.31. The molecular weight excluding hydrogens is 225 g/mol. The zero-order valence-corrected chi connectivity index (χ0v) is 10.0. The lowest BCUT2D eigenvalue weighted by Crippen LogP contribution is -2.22.